The molecule has 0 radical (unpaired) electrons. The monoisotopic (exact) mass is 706 g/mol. The van der Waals surface area contributed by atoms with Gasteiger partial charge in [0.1, 0.15) is 0 Å². The third kappa shape index (κ3) is 11.4. The van der Waals surface area contributed by atoms with Gasteiger partial charge in [0.2, 0.25) is 0 Å². The lowest BCUT2D eigenvalue weighted by atomic mass is 9.77. The Bertz CT molecular complexity index is 1500. The molecule has 2 aliphatic carbocycles. The highest BCUT2D eigenvalue weighted by atomic mass is 32.2. The molecule has 6 heteroatoms. The number of rotatable bonds is 11. The zero-order valence-electron chi connectivity index (χ0n) is 28.8. The number of alkyl halides is 4. The summed E-state index contributed by atoms with van der Waals surface area (Å²) in [6, 6.07) is 32.4. The van der Waals surface area contributed by atoms with Crippen LogP contribution in [0.1, 0.15) is 107 Å². The summed E-state index contributed by atoms with van der Waals surface area (Å²) in [4.78, 5) is 1.22. The van der Waals surface area contributed by atoms with Gasteiger partial charge in [0.25, 0.3) is 11.5 Å². The molecule has 2 aliphatic rings. The molecule has 0 aromatic heterocycles. The SMILES string of the molecule is CCC[C@H]1CC[C@H](c2ccc(-c3ccc(SC(F)F)cc3)cc2)CC1.CC[C@H]1CC[C@H](c2ccc(-c3ccc(SC(F)F)cc3)cc2)CC1. The fraction of sp³-hybridized carbons (Fsp3) is 0.442. The third-order valence-electron chi connectivity index (χ3n) is 10.6. The first-order valence-corrected chi connectivity index (χ1v) is 19.9. The van der Waals surface area contributed by atoms with E-state index in [1.54, 1.807) is 24.3 Å². The van der Waals surface area contributed by atoms with Crippen LogP contribution in [0.5, 0.6) is 0 Å². The third-order valence-corrected chi connectivity index (χ3v) is 12.0. The van der Waals surface area contributed by atoms with E-state index in [0.29, 0.717) is 45.2 Å². The van der Waals surface area contributed by atoms with Crippen LogP contribution in [-0.4, -0.2) is 11.5 Å². The number of hydrogen-bond acceptors (Lipinski definition) is 2. The maximum absolute atomic E-state index is 12.4. The van der Waals surface area contributed by atoms with Crippen molar-refractivity contribution in [2.24, 2.45) is 11.8 Å². The largest absolute Gasteiger partial charge is 0.288 e. The van der Waals surface area contributed by atoms with Crippen molar-refractivity contribution in [1.29, 1.82) is 0 Å². The Morgan fingerprint density at radius 3 is 1.10 bits per heavy atom. The average molecular weight is 707 g/mol. The Morgan fingerprint density at radius 1 is 0.469 bits per heavy atom. The Balaban J connectivity index is 0.000000191. The molecule has 2 saturated carbocycles. The molecule has 0 heterocycles. The fourth-order valence-corrected chi connectivity index (χ4v) is 8.65. The van der Waals surface area contributed by atoms with Crippen molar-refractivity contribution in [3.05, 3.63) is 108 Å². The van der Waals surface area contributed by atoms with Gasteiger partial charge in [-0.05, 0) is 133 Å². The van der Waals surface area contributed by atoms with Gasteiger partial charge in [-0.3, -0.25) is 0 Å². The van der Waals surface area contributed by atoms with Gasteiger partial charge >= 0.3 is 0 Å². The summed E-state index contributed by atoms with van der Waals surface area (Å²) in [7, 11) is 0. The van der Waals surface area contributed by atoms with Crippen LogP contribution in [0.15, 0.2) is 107 Å². The minimum Gasteiger partial charge on any atom is -0.198 e. The maximum atomic E-state index is 12.4. The zero-order valence-corrected chi connectivity index (χ0v) is 30.4. The van der Waals surface area contributed by atoms with Gasteiger partial charge in [0.05, 0.1) is 0 Å². The summed E-state index contributed by atoms with van der Waals surface area (Å²) >= 11 is 1.19. The van der Waals surface area contributed by atoms with Crippen molar-refractivity contribution in [2.45, 2.75) is 118 Å². The Hall–Kier alpha value is -2.70. The molecule has 4 aromatic carbocycles. The molecule has 0 bridgehead atoms. The zero-order chi connectivity index (χ0) is 34.6. The van der Waals surface area contributed by atoms with Gasteiger partial charge in [-0.15, -0.1) is 0 Å². The van der Waals surface area contributed by atoms with E-state index in [4.69, 9.17) is 0 Å². The van der Waals surface area contributed by atoms with Gasteiger partial charge < -0.3 is 0 Å². The molecule has 262 valence electrons. The summed E-state index contributed by atoms with van der Waals surface area (Å²) in [5, 5.41) is 0. The van der Waals surface area contributed by atoms with E-state index in [-0.39, 0.29) is 0 Å². The molecular formula is C43H50F4S2. The molecule has 49 heavy (non-hydrogen) atoms. The van der Waals surface area contributed by atoms with E-state index < -0.39 is 11.5 Å². The highest BCUT2D eigenvalue weighted by Gasteiger charge is 2.22. The number of thioether (sulfide) groups is 2. The molecule has 0 atom stereocenters. The second-order valence-electron chi connectivity index (χ2n) is 13.7. The summed E-state index contributed by atoms with van der Waals surface area (Å²) in [6.45, 7) is 4.58. The molecule has 0 nitrogen and oxygen atoms in total. The second-order valence-corrected chi connectivity index (χ2v) is 15.8. The standard InChI is InChI=1S/C22H26F2S.C21H24F2S/c1-2-3-16-4-6-17(7-5-16)18-8-10-19(11-9-18)20-12-14-21(15-13-20)25-22(23)24;1-2-15-3-5-16(6-4-15)17-7-9-18(10-8-17)19-11-13-20(14-12-19)24-21(22)23/h8-17,22H,2-7H2,1H3;7-16,21H,2-6H2,1H3/t16-,17-;15-,16-. The van der Waals surface area contributed by atoms with Gasteiger partial charge in [0, 0.05) is 9.79 Å². The van der Waals surface area contributed by atoms with Crippen LogP contribution in [0.2, 0.25) is 0 Å². The van der Waals surface area contributed by atoms with E-state index in [2.05, 4.69) is 62.4 Å². The quantitative estimate of drug-likeness (QED) is 0.112. The number of halogens is 4. The first-order valence-electron chi connectivity index (χ1n) is 18.1. The Morgan fingerprint density at radius 2 is 0.796 bits per heavy atom. The van der Waals surface area contributed by atoms with Crippen LogP contribution in [0.3, 0.4) is 0 Å². The topological polar surface area (TPSA) is 0 Å². The van der Waals surface area contributed by atoms with Crippen molar-refractivity contribution < 1.29 is 17.6 Å². The lowest BCUT2D eigenvalue weighted by molar-refractivity contribution is 0.251. The van der Waals surface area contributed by atoms with E-state index in [0.717, 1.165) is 34.1 Å². The minimum absolute atomic E-state index is 0.592. The molecule has 6 rings (SSSR count). The van der Waals surface area contributed by atoms with Crippen molar-refractivity contribution in [3.8, 4) is 22.3 Å². The molecule has 0 amide bonds. The molecule has 2 fully saturated rings. The lowest BCUT2D eigenvalue weighted by Gasteiger charge is -2.28. The van der Waals surface area contributed by atoms with Crippen molar-refractivity contribution in [2.75, 3.05) is 0 Å². The van der Waals surface area contributed by atoms with E-state index in [1.165, 1.54) is 81.8 Å². The number of hydrogen-bond donors (Lipinski definition) is 0. The molecule has 0 saturated heterocycles. The molecule has 0 spiro atoms. The molecular weight excluding hydrogens is 657 g/mol. The minimum atomic E-state index is -2.36. The molecule has 0 aliphatic heterocycles. The highest BCUT2D eigenvalue weighted by Crippen LogP contribution is 2.39. The Kier molecular flexibility index (Phi) is 14.6. The summed E-state index contributed by atoms with van der Waals surface area (Å²) < 4.78 is 49.5. The van der Waals surface area contributed by atoms with Gasteiger partial charge in [0.15, 0.2) is 0 Å². The second kappa shape index (κ2) is 19.1. The average Bonchev–Trinajstić information content (AvgIpc) is 3.13. The molecule has 0 unspecified atom stereocenters. The fourth-order valence-electron chi connectivity index (χ4n) is 7.65. The summed E-state index contributed by atoms with van der Waals surface area (Å²) in [5.41, 5.74) is 7.35. The smallest absolute Gasteiger partial charge is 0.198 e. The molecule has 0 N–H and O–H groups in total. The number of benzene rings is 4. The van der Waals surface area contributed by atoms with Crippen LogP contribution in [-0.2, 0) is 0 Å². The predicted octanol–water partition coefficient (Wildman–Crippen LogP) is 15.1. The first-order chi connectivity index (χ1) is 23.8. The van der Waals surface area contributed by atoms with E-state index in [9.17, 15) is 17.6 Å². The lowest BCUT2D eigenvalue weighted by Crippen LogP contribution is -2.13. The van der Waals surface area contributed by atoms with Crippen LogP contribution in [0, 0.1) is 11.8 Å². The van der Waals surface area contributed by atoms with Gasteiger partial charge in [-0.1, -0.05) is 129 Å². The van der Waals surface area contributed by atoms with Crippen LogP contribution >= 0.6 is 23.5 Å². The van der Waals surface area contributed by atoms with Gasteiger partial charge in [-0.25, -0.2) is 0 Å². The van der Waals surface area contributed by atoms with Crippen LogP contribution < -0.4 is 0 Å². The van der Waals surface area contributed by atoms with Crippen molar-refractivity contribution >= 4 is 23.5 Å². The van der Waals surface area contributed by atoms with Crippen LogP contribution in [0.25, 0.3) is 22.3 Å². The first kappa shape index (κ1) is 37.6. The highest BCUT2D eigenvalue weighted by molar-refractivity contribution is 7.99. The van der Waals surface area contributed by atoms with Gasteiger partial charge in [-0.2, -0.15) is 17.6 Å². The van der Waals surface area contributed by atoms with E-state index >= 15 is 0 Å². The van der Waals surface area contributed by atoms with Crippen molar-refractivity contribution in [3.63, 3.8) is 0 Å². The summed E-state index contributed by atoms with van der Waals surface area (Å²) in [5.74, 6) is -1.47. The summed E-state index contributed by atoms with van der Waals surface area (Å²) in [6.07, 6.45) is 14.7. The van der Waals surface area contributed by atoms with Crippen LogP contribution in [0.4, 0.5) is 17.6 Å². The normalized spacial score (nSPS) is 21.0. The molecule has 4 aromatic rings. The Labute approximate surface area is 299 Å². The van der Waals surface area contributed by atoms with E-state index in [1.807, 2.05) is 24.3 Å². The predicted molar refractivity (Wildman–Crippen MR) is 202 cm³/mol. The van der Waals surface area contributed by atoms with Crippen molar-refractivity contribution in [1.82, 2.24) is 0 Å². The maximum Gasteiger partial charge on any atom is 0.288 e.